The predicted molar refractivity (Wildman–Crippen MR) is 109 cm³/mol. The molecular weight excluding hydrogens is 388 g/mol. The molecule has 0 atom stereocenters. The SMILES string of the molecule is Cn1c(=O)[nH]c(=O)c2[nH]c(CCC(=O)NCc3ccc(OC4CCCC4)nc3)nc21. The second kappa shape index (κ2) is 8.52. The first-order chi connectivity index (χ1) is 14.5. The Labute approximate surface area is 171 Å². The molecule has 4 rings (SSSR count). The highest BCUT2D eigenvalue weighted by molar-refractivity contribution is 5.76. The lowest BCUT2D eigenvalue weighted by atomic mass is 10.2. The summed E-state index contributed by atoms with van der Waals surface area (Å²) >= 11 is 0. The number of aromatic nitrogens is 5. The van der Waals surface area contributed by atoms with Crippen molar-refractivity contribution in [2.45, 2.75) is 51.2 Å². The first kappa shape index (κ1) is 19.9. The van der Waals surface area contributed by atoms with E-state index in [1.807, 2.05) is 12.1 Å². The average Bonchev–Trinajstić information content (AvgIpc) is 3.40. The van der Waals surface area contributed by atoms with Crippen molar-refractivity contribution >= 4 is 17.1 Å². The zero-order valence-corrected chi connectivity index (χ0v) is 16.7. The van der Waals surface area contributed by atoms with Gasteiger partial charge in [0.15, 0.2) is 5.65 Å². The van der Waals surface area contributed by atoms with Crippen molar-refractivity contribution in [1.29, 1.82) is 0 Å². The topological polar surface area (TPSA) is 135 Å². The molecule has 0 saturated heterocycles. The van der Waals surface area contributed by atoms with E-state index in [1.54, 1.807) is 6.20 Å². The number of hydrogen-bond acceptors (Lipinski definition) is 6. The van der Waals surface area contributed by atoms with Crippen LogP contribution < -0.4 is 21.3 Å². The van der Waals surface area contributed by atoms with Crippen molar-refractivity contribution in [2.24, 2.45) is 7.05 Å². The first-order valence-electron chi connectivity index (χ1n) is 10.1. The van der Waals surface area contributed by atoms with Crippen molar-refractivity contribution in [3.05, 3.63) is 50.6 Å². The summed E-state index contributed by atoms with van der Waals surface area (Å²) in [6.45, 7) is 0.365. The van der Waals surface area contributed by atoms with Gasteiger partial charge in [-0.25, -0.2) is 14.8 Å². The Balaban J connectivity index is 1.28. The summed E-state index contributed by atoms with van der Waals surface area (Å²) in [6.07, 6.45) is 7.05. The Morgan fingerprint density at radius 1 is 1.27 bits per heavy atom. The number of H-pyrrole nitrogens is 2. The van der Waals surface area contributed by atoms with Crippen LogP contribution in [0.15, 0.2) is 27.9 Å². The number of hydrogen-bond donors (Lipinski definition) is 3. The van der Waals surface area contributed by atoms with E-state index in [9.17, 15) is 14.4 Å². The third-order valence-electron chi connectivity index (χ3n) is 5.27. The van der Waals surface area contributed by atoms with Gasteiger partial charge < -0.3 is 15.0 Å². The third kappa shape index (κ3) is 4.42. The molecule has 30 heavy (non-hydrogen) atoms. The molecule has 0 aliphatic heterocycles. The first-order valence-corrected chi connectivity index (χ1v) is 10.1. The number of aryl methyl sites for hydroxylation is 2. The number of rotatable bonds is 7. The van der Waals surface area contributed by atoms with E-state index < -0.39 is 11.2 Å². The molecule has 10 nitrogen and oxygen atoms in total. The lowest BCUT2D eigenvalue weighted by Crippen LogP contribution is -2.28. The highest BCUT2D eigenvalue weighted by Crippen LogP contribution is 2.22. The van der Waals surface area contributed by atoms with Gasteiger partial charge in [0.1, 0.15) is 17.4 Å². The number of pyridine rings is 1. The van der Waals surface area contributed by atoms with Crippen molar-refractivity contribution in [2.75, 3.05) is 0 Å². The van der Waals surface area contributed by atoms with Crippen LogP contribution in [0.4, 0.5) is 0 Å². The van der Waals surface area contributed by atoms with Crippen molar-refractivity contribution < 1.29 is 9.53 Å². The molecule has 1 aliphatic rings. The Hall–Kier alpha value is -3.43. The minimum absolute atomic E-state index is 0.149. The summed E-state index contributed by atoms with van der Waals surface area (Å²) in [4.78, 5) is 49.3. The molecule has 0 bridgehead atoms. The molecule has 3 N–H and O–H groups in total. The van der Waals surface area contributed by atoms with E-state index >= 15 is 0 Å². The Morgan fingerprint density at radius 3 is 2.80 bits per heavy atom. The van der Waals surface area contributed by atoms with Gasteiger partial charge in [0.2, 0.25) is 11.8 Å². The highest BCUT2D eigenvalue weighted by Gasteiger charge is 2.17. The fourth-order valence-corrected chi connectivity index (χ4v) is 3.55. The summed E-state index contributed by atoms with van der Waals surface area (Å²) < 4.78 is 7.09. The second-order valence-corrected chi connectivity index (χ2v) is 7.51. The maximum Gasteiger partial charge on any atom is 0.329 e. The maximum absolute atomic E-state index is 12.2. The Bertz CT molecular complexity index is 1150. The van der Waals surface area contributed by atoms with Crippen LogP contribution in [0.5, 0.6) is 5.88 Å². The molecule has 3 heterocycles. The fraction of sp³-hybridized carbons (Fsp3) is 0.450. The number of nitrogens with one attached hydrogen (secondary N) is 3. The van der Waals surface area contributed by atoms with Gasteiger partial charge in [-0.05, 0) is 31.2 Å². The van der Waals surface area contributed by atoms with Crippen LogP contribution in [0.1, 0.15) is 43.5 Å². The lowest BCUT2D eigenvalue weighted by Gasteiger charge is -2.12. The molecule has 0 radical (unpaired) electrons. The molecule has 3 aromatic rings. The van der Waals surface area contributed by atoms with E-state index in [4.69, 9.17) is 4.74 Å². The summed E-state index contributed by atoms with van der Waals surface area (Å²) in [5, 5.41) is 2.84. The van der Waals surface area contributed by atoms with Crippen molar-refractivity contribution in [3.8, 4) is 5.88 Å². The van der Waals surface area contributed by atoms with Gasteiger partial charge in [0, 0.05) is 38.7 Å². The van der Waals surface area contributed by atoms with Crippen molar-refractivity contribution in [3.63, 3.8) is 0 Å². The number of aromatic amines is 2. The Kier molecular flexibility index (Phi) is 5.64. The van der Waals surface area contributed by atoms with Crippen LogP contribution >= 0.6 is 0 Å². The molecule has 3 aromatic heterocycles. The smallest absolute Gasteiger partial charge is 0.329 e. The highest BCUT2D eigenvalue weighted by atomic mass is 16.5. The standard InChI is InChI=1S/C20H24N6O4/c1-26-18-17(19(28)25-20(26)29)23-14(24-18)7-8-15(27)21-10-12-6-9-16(22-11-12)30-13-4-2-3-5-13/h6,9,11,13H,2-5,7-8,10H2,1H3,(H,21,27)(H,23,24)(H,25,28,29). The third-order valence-corrected chi connectivity index (χ3v) is 5.27. The maximum atomic E-state index is 12.2. The largest absolute Gasteiger partial charge is 0.474 e. The van der Waals surface area contributed by atoms with Crippen LogP contribution in [0, 0.1) is 0 Å². The molecule has 0 spiro atoms. The number of fused-ring (bicyclic) bond motifs is 1. The summed E-state index contributed by atoms with van der Waals surface area (Å²) in [5.74, 6) is 0.942. The van der Waals surface area contributed by atoms with Crippen LogP contribution in [-0.2, 0) is 24.8 Å². The Morgan fingerprint density at radius 2 is 2.07 bits per heavy atom. The van der Waals surface area contributed by atoms with Crippen LogP contribution in [-0.4, -0.2) is 36.5 Å². The number of carbonyl (C=O) groups is 1. The monoisotopic (exact) mass is 412 g/mol. The van der Waals surface area contributed by atoms with Gasteiger partial charge >= 0.3 is 5.69 Å². The molecule has 10 heteroatoms. The minimum atomic E-state index is -0.531. The average molecular weight is 412 g/mol. The molecule has 1 saturated carbocycles. The van der Waals surface area contributed by atoms with Crippen LogP contribution in [0.3, 0.4) is 0 Å². The zero-order chi connectivity index (χ0) is 21.1. The normalized spacial score (nSPS) is 14.3. The minimum Gasteiger partial charge on any atom is -0.474 e. The number of imidazole rings is 1. The molecule has 1 amide bonds. The quantitative estimate of drug-likeness (QED) is 0.528. The van der Waals surface area contributed by atoms with Crippen molar-refractivity contribution in [1.82, 2.24) is 29.8 Å². The zero-order valence-electron chi connectivity index (χ0n) is 16.7. The molecule has 1 fully saturated rings. The van der Waals surface area contributed by atoms with Gasteiger partial charge in [0.05, 0.1) is 0 Å². The van der Waals surface area contributed by atoms with Gasteiger partial charge in [-0.2, -0.15) is 0 Å². The van der Waals surface area contributed by atoms with E-state index in [2.05, 4.69) is 25.3 Å². The molecule has 158 valence electrons. The number of amides is 1. The van der Waals surface area contributed by atoms with Crippen LogP contribution in [0.25, 0.3) is 11.2 Å². The van der Waals surface area contributed by atoms with Gasteiger partial charge in [-0.1, -0.05) is 6.07 Å². The summed E-state index contributed by atoms with van der Waals surface area (Å²) in [5.41, 5.74) is 0.316. The van der Waals surface area contributed by atoms with Gasteiger partial charge in [-0.15, -0.1) is 0 Å². The molecule has 0 aromatic carbocycles. The second-order valence-electron chi connectivity index (χ2n) is 7.51. The fourth-order valence-electron chi connectivity index (χ4n) is 3.55. The summed E-state index contributed by atoms with van der Waals surface area (Å²) in [6, 6.07) is 3.72. The van der Waals surface area contributed by atoms with E-state index in [-0.39, 0.29) is 29.6 Å². The summed E-state index contributed by atoms with van der Waals surface area (Å²) in [7, 11) is 1.52. The van der Waals surface area contributed by atoms with Gasteiger partial charge in [0.25, 0.3) is 5.56 Å². The lowest BCUT2D eigenvalue weighted by molar-refractivity contribution is -0.121. The molecular formula is C20H24N6O4. The number of carbonyl (C=O) groups excluding carboxylic acids is 1. The number of nitrogens with zero attached hydrogens (tertiary/aromatic N) is 3. The van der Waals surface area contributed by atoms with E-state index in [1.165, 1.54) is 24.5 Å². The van der Waals surface area contributed by atoms with E-state index in [0.717, 1.165) is 18.4 Å². The van der Waals surface area contributed by atoms with Crippen LogP contribution in [0.2, 0.25) is 0 Å². The number of ether oxygens (including phenoxy) is 1. The van der Waals surface area contributed by atoms with Gasteiger partial charge in [-0.3, -0.25) is 19.1 Å². The molecule has 1 aliphatic carbocycles. The van der Waals surface area contributed by atoms with E-state index in [0.29, 0.717) is 24.7 Å². The molecule has 0 unspecified atom stereocenters. The predicted octanol–water partition coefficient (Wildman–Crippen LogP) is 0.915.